The Kier molecular flexibility index (Phi) is 3.58. The lowest BCUT2D eigenvalue weighted by atomic mass is 10.1. The first kappa shape index (κ1) is 9.44. The maximum atomic E-state index is 5.31. The number of ether oxygens (including phenoxy) is 1. The van der Waals surface area contributed by atoms with Gasteiger partial charge in [0.25, 0.3) is 0 Å². The topological polar surface area (TPSA) is 33.3 Å². The smallest absolute Gasteiger partial charge is 0.0507 e. The van der Waals surface area contributed by atoms with E-state index in [0.29, 0.717) is 0 Å². The van der Waals surface area contributed by atoms with E-state index in [1.807, 2.05) is 0 Å². The third kappa shape index (κ3) is 3.63. The first-order valence-corrected chi connectivity index (χ1v) is 5.47. The minimum absolute atomic E-state index is 0.765. The monoisotopic (exact) mass is 184 g/mol. The number of nitrogens with one attached hydrogen (secondary N) is 2. The molecular formula is C10H20N2O. The molecule has 1 saturated carbocycles. The van der Waals surface area contributed by atoms with Crippen molar-refractivity contribution in [3.05, 3.63) is 0 Å². The van der Waals surface area contributed by atoms with Gasteiger partial charge in [0.2, 0.25) is 0 Å². The van der Waals surface area contributed by atoms with Gasteiger partial charge in [-0.3, -0.25) is 0 Å². The van der Waals surface area contributed by atoms with E-state index < -0.39 is 0 Å². The zero-order valence-corrected chi connectivity index (χ0v) is 8.22. The van der Waals surface area contributed by atoms with Gasteiger partial charge in [-0.1, -0.05) is 0 Å². The van der Waals surface area contributed by atoms with Gasteiger partial charge in [0.15, 0.2) is 0 Å². The number of rotatable bonds is 6. The summed E-state index contributed by atoms with van der Waals surface area (Å²) in [5.41, 5.74) is 0. The number of hydrogen-bond acceptors (Lipinski definition) is 3. The van der Waals surface area contributed by atoms with Crippen LogP contribution in [-0.2, 0) is 4.74 Å². The van der Waals surface area contributed by atoms with E-state index in [4.69, 9.17) is 4.74 Å². The van der Waals surface area contributed by atoms with Gasteiger partial charge in [-0.25, -0.2) is 0 Å². The quantitative estimate of drug-likeness (QED) is 0.585. The SMILES string of the molecule is C(CNC1CC1)NCC1CCOC1. The molecule has 3 nitrogen and oxygen atoms in total. The van der Waals surface area contributed by atoms with Gasteiger partial charge < -0.3 is 15.4 Å². The van der Waals surface area contributed by atoms with Gasteiger partial charge in [-0.15, -0.1) is 0 Å². The van der Waals surface area contributed by atoms with Crippen LogP contribution in [0.5, 0.6) is 0 Å². The molecule has 76 valence electrons. The van der Waals surface area contributed by atoms with E-state index in [1.165, 1.54) is 19.3 Å². The van der Waals surface area contributed by atoms with Crippen molar-refractivity contribution in [1.29, 1.82) is 0 Å². The Balaban J connectivity index is 1.39. The van der Waals surface area contributed by atoms with Crippen molar-refractivity contribution in [2.24, 2.45) is 5.92 Å². The highest BCUT2D eigenvalue weighted by Gasteiger charge is 2.19. The molecule has 3 heteroatoms. The van der Waals surface area contributed by atoms with Crippen LogP contribution in [0.25, 0.3) is 0 Å². The molecule has 0 radical (unpaired) electrons. The van der Waals surface area contributed by atoms with Crippen LogP contribution in [0, 0.1) is 5.92 Å². The van der Waals surface area contributed by atoms with Gasteiger partial charge in [0.1, 0.15) is 0 Å². The van der Waals surface area contributed by atoms with E-state index in [0.717, 1.165) is 44.8 Å². The molecule has 0 aromatic heterocycles. The average Bonchev–Trinajstić information content (AvgIpc) is 2.81. The van der Waals surface area contributed by atoms with Crippen molar-refractivity contribution in [3.8, 4) is 0 Å². The minimum Gasteiger partial charge on any atom is -0.381 e. The molecule has 2 fully saturated rings. The van der Waals surface area contributed by atoms with Crippen molar-refractivity contribution in [1.82, 2.24) is 10.6 Å². The molecule has 0 bridgehead atoms. The molecule has 1 atom stereocenters. The van der Waals surface area contributed by atoms with Gasteiger partial charge in [0.05, 0.1) is 6.61 Å². The molecule has 2 rings (SSSR count). The van der Waals surface area contributed by atoms with Gasteiger partial charge in [-0.05, 0) is 25.2 Å². The lowest BCUT2D eigenvalue weighted by molar-refractivity contribution is 0.185. The Bertz CT molecular complexity index is 142. The van der Waals surface area contributed by atoms with Crippen molar-refractivity contribution >= 4 is 0 Å². The maximum absolute atomic E-state index is 5.31. The lowest BCUT2D eigenvalue weighted by Gasteiger charge is -2.09. The Hall–Kier alpha value is -0.120. The fraction of sp³-hybridized carbons (Fsp3) is 1.00. The van der Waals surface area contributed by atoms with Crippen LogP contribution in [0.3, 0.4) is 0 Å². The summed E-state index contributed by atoms with van der Waals surface area (Å²) >= 11 is 0. The molecule has 1 unspecified atom stereocenters. The minimum atomic E-state index is 0.765. The first-order chi connectivity index (χ1) is 6.45. The van der Waals surface area contributed by atoms with Crippen LogP contribution in [0.2, 0.25) is 0 Å². The predicted octanol–water partition coefficient (Wildman–Crippen LogP) is 0.364. The van der Waals surface area contributed by atoms with E-state index in [-0.39, 0.29) is 0 Å². The standard InChI is InChI=1S/C10H20N2O/c1-2-10(1)12-5-4-11-7-9-3-6-13-8-9/h9-12H,1-8H2. The highest BCUT2D eigenvalue weighted by molar-refractivity contribution is 4.80. The summed E-state index contributed by atoms with van der Waals surface area (Å²) in [6.07, 6.45) is 4.01. The first-order valence-electron chi connectivity index (χ1n) is 5.47. The molecule has 0 aromatic rings. The third-order valence-corrected chi connectivity index (χ3v) is 2.77. The van der Waals surface area contributed by atoms with Crippen LogP contribution in [0.15, 0.2) is 0 Å². The summed E-state index contributed by atoms with van der Waals surface area (Å²) < 4.78 is 5.31. The highest BCUT2D eigenvalue weighted by atomic mass is 16.5. The van der Waals surface area contributed by atoms with Gasteiger partial charge >= 0.3 is 0 Å². The molecule has 0 amide bonds. The summed E-state index contributed by atoms with van der Waals surface area (Å²) in [4.78, 5) is 0. The third-order valence-electron chi connectivity index (χ3n) is 2.77. The zero-order valence-electron chi connectivity index (χ0n) is 8.22. The van der Waals surface area contributed by atoms with E-state index in [9.17, 15) is 0 Å². The van der Waals surface area contributed by atoms with Crippen LogP contribution in [-0.4, -0.2) is 38.9 Å². The second kappa shape index (κ2) is 4.94. The Morgan fingerprint density at radius 2 is 2.08 bits per heavy atom. The number of hydrogen-bond donors (Lipinski definition) is 2. The Labute approximate surface area is 80.2 Å². The summed E-state index contributed by atoms with van der Waals surface area (Å²) in [6.45, 7) is 5.29. The van der Waals surface area contributed by atoms with E-state index in [2.05, 4.69) is 10.6 Å². The highest BCUT2D eigenvalue weighted by Crippen LogP contribution is 2.17. The molecule has 1 saturated heterocycles. The normalized spacial score (nSPS) is 28.2. The summed E-state index contributed by atoms with van der Waals surface area (Å²) in [5, 5.41) is 6.96. The average molecular weight is 184 g/mol. The fourth-order valence-corrected chi connectivity index (χ4v) is 1.70. The van der Waals surface area contributed by atoms with Crippen molar-refractivity contribution in [2.45, 2.75) is 25.3 Å². The van der Waals surface area contributed by atoms with E-state index in [1.54, 1.807) is 0 Å². The molecule has 1 aliphatic carbocycles. The molecule has 1 heterocycles. The molecule has 2 N–H and O–H groups in total. The second-order valence-electron chi connectivity index (χ2n) is 4.16. The van der Waals surface area contributed by atoms with Crippen LogP contribution >= 0.6 is 0 Å². The van der Waals surface area contributed by atoms with Crippen LogP contribution in [0.4, 0.5) is 0 Å². The largest absolute Gasteiger partial charge is 0.381 e. The lowest BCUT2D eigenvalue weighted by Crippen LogP contribution is -2.31. The molecule has 1 aliphatic heterocycles. The zero-order chi connectivity index (χ0) is 8.93. The van der Waals surface area contributed by atoms with E-state index >= 15 is 0 Å². The van der Waals surface area contributed by atoms with Gasteiger partial charge in [-0.2, -0.15) is 0 Å². The summed E-state index contributed by atoms with van der Waals surface area (Å²) in [6, 6.07) is 0.844. The summed E-state index contributed by atoms with van der Waals surface area (Å²) in [5.74, 6) is 0.765. The summed E-state index contributed by atoms with van der Waals surface area (Å²) in [7, 11) is 0. The molecule has 0 spiro atoms. The van der Waals surface area contributed by atoms with Crippen molar-refractivity contribution in [3.63, 3.8) is 0 Å². The predicted molar refractivity (Wildman–Crippen MR) is 52.8 cm³/mol. The van der Waals surface area contributed by atoms with Crippen LogP contribution < -0.4 is 10.6 Å². The van der Waals surface area contributed by atoms with Crippen LogP contribution in [0.1, 0.15) is 19.3 Å². The molecular weight excluding hydrogens is 164 g/mol. The van der Waals surface area contributed by atoms with Crippen molar-refractivity contribution < 1.29 is 4.74 Å². The molecule has 2 aliphatic rings. The molecule has 13 heavy (non-hydrogen) atoms. The van der Waals surface area contributed by atoms with Gasteiger partial charge in [0, 0.05) is 32.3 Å². The molecule has 0 aromatic carbocycles. The van der Waals surface area contributed by atoms with Crippen molar-refractivity contribution in [2.75, 3.05) is 32.8 Å². The maximum Gasteiger partial charge on any atom is 0.0507 e. The second-order valence-corrected chi connectivity index (χ2v) is 4.16. The Morgan fingerprint density at radius 3 is 2.77 bits per heavy atom. The fourth-order valence-electron chi connectivity index (χ4n) is 1.70. The Morgan fingerprint density at radius 1 is 1.15 bits per heavy atom.